The fourth-order valence-corrected chi connectivity index (χ4v) is 3.42. The van der Waals surface area contributed by atoms with E-state index in [4.69, 9.17) is 0 Å². The van der Waals surface area contributed by atoms with E-state index in [0.717, 1.165) is 0 Å². The van der Waals surface area contributed by atoms with Crippen LogP contribution in [0.25, 0.3) is 11.8 Å². The van der Waals surface area contributed by atoms with Crippen LogP contribution in [0.1, 0.15) is 11.4 Å². The van der Waals surface area contributed by atoms with Gasteiger partial charge in [-0.2, -0.15) is 0 Å². The Morgan fingerprint density at radius 1 is 0.958 bits per heavy atom. The third-order valence-corrected chi connectivity index (χ3v) is 4.86. The molecule has 4 rings (SSSR count). The molecule has 0 saturated heterocycles. The van der Waals surface area contributed by atoms with Crippen molar-refractivity contribution in [2.45, 2.75) is 13.7 Å². The Morgan fingerprint density at radius 2 is 1.67 bits per heavy atom. The monoisotopic (exact) mass is 314 g/mol. The average Bonchev–Trinajstić information content (AvgIpc) is 2.91. The first-order valence-electron chi connectivity index (χ1n) is 8.36. The van der Waals surface area contributed by atoms with Crippen LogP contribution in [0.4, 0.5) is 11.5 Å². The van der Waals surface area contributed by atoms with E-state index in [1.807, 2.05) is 0 Å². The summed E-state index contributed by atoms with van der Waals surface area (Å²) in [5, 5.41) is 0. The SMILES string of the molecule is CB1C=Cc2ccccc2N1c1cn(-c2ccccc2)c(C)[n+]1C. The number of fused-ring (bicyclic) bond motifs is 1. The zero-order valence-electron chi connectivity index (χ0n) is 14.3. The van der Waals surface area contributed by atoms with Crippen molar-refractivity contribution in [2.75, 3.05) is 4.81 Å². The number of nitrogens with zero attached hydrogens (tertiary/aromatic N) is 3. The van der Waals surface area contributed by atoms with Gasteiger partial charge in [0.15, 0.2) is 0 Å². The van der Waals surface area contributed by atoms with Crippen LogP contribution in [0.5, 0.6) is 0 Å². The third kappa shape index (κ3) is 2.26. The van der Waals surface area contributed by atoms with Crippen molar-refractivity contribution >= 4 is 24.4 Å². The molecule has 3 nitrogen and oxygen atoms in total. The normalized spacial score (nSPS) is 13.3. The minimum Gasteiger partial charge on any atom is -0.310 e. The van der Waals surface area contributed by atoms with E-state index in [1.54, 1.807) is 0 Å². The number of imidazole rings is 1. The first-order valence-corrected chi connectivity index (χ1v) is 8.36. The van der Waals surface area contributed by atoms with E-state index < -0.39 is 0 Å². The zero-order chi connectivity index (χ0) is 16.7. The van der Waals surface area contributed by atoms with Gasteiger partial charge in [0.05, 0.1) is 12.7 Å². The highest BCUT2D eigenvalue weighted by atomic mass is 15.3. The van der Waals surface area contributed by atoms with Gasteiger partial charge in [0.25, 0.3) is 0 Å². The Bertz CT molecular complexity index is 912. The second-order valence-corrected chi connectivity index (χ2v) is 6.33. The largest absolute Gasteiger partial charge is 0.363 e. The maximum absolute atomic E-state index is 2.40. The number of hydrogen-bond donors (Lipinski definition) is 0. The lowest BCUT2D eigenvalue weighted by molar-refractivity contribution is -0.664. The smallest absolute Gasteiger partial charge is 0.310 e. The second-order valence-electron chi connectivity index (χ2n) is 6.33. The molecular formula is C20H21BN3+. The summed E-state index contributed by atoms with van der Waals surface area (Å²) in [7, 11) is 2.14. The van der Waals surface area contributed by atoms with E-state index in [0.29, 0.717) is 6.85 Å². The first-order chi connectivity index (χ1) is 11.7. The second kappa shape index (κ2) is 5.71. The van der Waals surface area contributed by atoms with Gasteiger partial charge in [-0.25, -0.2) is 9.13 Å². The lowest BCUT2D eigenvalue weighted by atomic mass is 9.60. The van der Waals surface area contributed by atoms with E-state index in [9.17, 15) is 0 Å². The summed E-state index contributed by atoms with van der Waals surface area (Å²) in [6.07, 6.45) is 4.45. The molecule has 0 unspecified atom stereocenters. The molecule has 0 N–H and O–H groups in total. The van der Waals surface area contributed by atoms with Gasteiger partial charge in [-0.1, -0.05) is 48.4 Å². The molecule has 24 heavy (non-hydrogen) atoms. The van der Waals surface area contributed by atoms with Crippen molar-refractivity contribution in [3.8, 4) is 5.69 Å². The molecule has 2 aromatic carbocycles. The predicted molar refractivity (Wildman–Crippen MR) is 101 cm³/mol. The molecule has 0 spiro atoms. The van der Waals surface area contributed by atoms with Gasteiger partial charge in [-0.05, 0) is 25.0 Å². The van der Waals surface area contributed by atoms with Crippen LogP contribution in [0.2, 0.25) is 6.82 Å². The average molecular weight is 314 g/mol. The topological polar surface area (TPSA) is 12.1 Å². The maximum Gasteiger partial charge on any atom is 0.363 e. The highest BCUT2D eigenvalue weighted by Crippen LogP contribution is 2.33. The Labute approximate surface area is 143 Å². The molecule has 1 aliphatic heterocycles. The summed E-state index contributed by atoms with van der Waals surface area (Å²) in [6.45, 7) is 4.71. The number of hydrogen-bond acceptors (Lipinski definition) is 1. The molecule has 4 heteroatoms. The summed E-state index contributed by atoms with van der Waals surface area (Å²) in [4.78, 5) is 2.40. The summed E-state index contributed by atoms with van der Waals surface area (Å²) in [6, 6.07) is 19.1. The molecule has 118 valence electrons. The Balaban J connectivity index is 1.87. The number of para-hydroxylation sites is 2. The molecule has 0 bridgehead atoms. The van der Waals surface area contributed by atoms with E-state index in [2.05, 4.69) is 108 Å². The minimum absolute atomic E-state index is 0.317. The van der Waals surface area contributed by atoms with Crippen molar-refractivity contribution in [3.63, 3.8) is 0 Å². The molecule has 0 amide bonds. The quantitative estimate of drug-likeness (QED) is 0.515. The van der Waals surface area contributed by atoms with Crippen LogP contribution in [0.3, 0.4) is 0 Å². The molecular weight excluding hydrogens is 293 g/mol. The minimum atomic E-state index is 0.317. The molecule has 0 radical (unpaired) electrons. The maximum atomic E-state index is 2.40. The van der Waals surface area contributed by atoms with Gasteiger partial charge in [-0.3, -0.25) is 0 Å². The number of benzene rings is 2. The van der Waals surface area contributed by atoms with E-state index >= 15 is 0 Å². The number of anilines is 2. The lowest BCUT2D eigenvalue weighted by Crippen LogP contribution is -2.43. The molecule has 0 atom stereocenters. The van der Waals surface area contributed by atoms with Gasteiger partial charge in [0, 0.05) is 12.5 Å². The third-order valence-electron chi connectivity index (χ3n) is 4.86. The molecule has 0 aliphatic carbocycles. The molecule has 1 aliphatic rings. The van der Waals surface area contributed by atoms with Gasteiger partial charge >= 0.3 is 6.85 Å². The van der Waals surface area contributed by atoms with E-state index in [1.165, 1.54) is 28.6 Å². The van der Waals surface area contributed by atoms with Gasteiger partial charge in [0.1, 0.15) is 11.9 Å². The Morgan fingerprint density at radius 3 is 2.46 bits per heavy atom. The Kier molecular flexibility index (Phi) is 3.53. The molecule has 2 heterocycles. The molecule has 3 aromatic rings. The van der Waals surface area contributed by atoms with Crippen LogP contribution in [0, 0.1) is 6.92 Å². The first kappa shape index (κ1) is 14.8. The van der Waals surface area contributed by atoms with Crippen molar-refractivity contribution in [3.05, 3.63) is 78.2 Å². The fourth-order valence-electron chi connectivity index (χ4n) is 3.42. The van der Waals surface area contributed by atoms with Crippen LogP contribution >= 0.6 is 0 Å². The van der Waals surface area contributed by atoms with Crippen molar-refractivity contribution < 1.29 is 4.57 Å². The zero-order valence-corrected chi connectivity index (χ0v) is 14.3. The van der Waals surface area contributed by atoms with Crippen molar-refractivity contribution in [1.82, 2.24) is 4.57 Å². The van der Waals surface area contributed by atoms with Gasteiger partial charge in [0.2, 0.25) is 11.6 Å². The van der Waals surface area contributed by atoms with Crippen LogP contribution in [-0.4, -0.2) is 11.4 Å². The Hall–Kier alpha value is -2.75. The number of aromatic nitrogens is 2. The molecule has 0 fully saturated rings. The van der Waals surface area contributed by atoms with Crippen LogP contribution < -0.4 is 9.38 Å². The van der Waals surface area contributed by atoms with Crippen molar-refractivity contribution in [1.29, 1.82) is 0 Å². The van der Waals surface area contributed by atoms with Crippen LogP contribution in [-0.2, 0) is 7.05 Å². The highest BCUT2D eigenvalue weighted by Gasteiger charge is 2.33. The predicted octanol–water partition coefficient (Wildman–Crippen LogP) is 3.94. The molecule has 1 aromatic heterocycles. The summed E-state index contributed by atoms with van der Waals surface area (Å²) < 4.78 is 4.52. The van der Waals surface area contributed by atoms with Gasteiger partial charge in [-0.15, -0.1) is 0 Å². The highest BCUT2D eigenvalue weighted by molar-refractivity contribution is 6.69. The standard InChI is InChI=1S/C20H21BN3/c1-16-22(3)20(15-23(16)18-10-5-4-6-11-18)24-19-12-8-7-9-17(19)13-14-21(24)2/h4-15H,1-3H3/q+1. The van der Waals surface area contributed by atoms with Crippen molar-refractivity contribution in [2.24, 2.45) is 7.05 Å². The van der Waals surface area contributed by atoms with E-state index in [-0.39, 0.29) is 0 Å². The fraction of sp³-hybridized carbons (Fsp3) is 0.150. The van der Waals surface area contributed by atoms with Gasteiger partial charge < -0.3 is 4.81 Å². The van der Waals surface area contributed by atoms with Crippen LogP contribution in [0.15, 0.2) is 66.8 Å². The summed E-state index contributed by atoms with van der Waals surface area (Å²) >= 11 is 0. The summed E-state index contributed by atoms with van der Waals surface area (Å²) in [5.41, 5.74) is 3.71. The lowest BCUT2D eigenvalue weighted by Gasteiger charge is -2.26. The summed E-state index contributed by atoms with van der Waals surface area (Å²) in [5.74, 6) is 4.66. The number of rotatable bonds is 2. The molecule has 0 saturated carbocycles.